The number of allylic oxidation sites excluding steroid dienone is 7. The molecule has 0 nitrogen and oxygen atoms in total. The van der Waals surface area contributed by atoms with E-state index >= 15 is 0 Å². The molecule has 0 N–H and O–H groups in total. The molecule has 0 spiro atoms. The lowest BCUT2D eigenvalue weighted by Crippen LogP contribution is -2.30. The van der Waals surface area contributed by atoms with E-state index in [0.29, 0.717) is 11.3 Å². The number of hydrogen-bond donors (Lipinski definition) is 0. The molecule has 4 rings (SSSR count). The molecule has 3 aliphatic rings. The Kier molecular flexibility index (Phi) is 3.10. The fourth-order valence-electron chi connectivity index (χ4n) is 4.67. The van der Waals surface area contributed by atoms with Gasteiger partial charge in [0.15, 0.2) is 0 Å². The highest BCUT2D eigenvalue weighted by Crippen LogP contribution is 2.53. The van der Waals surface area contributed by atoms with Crippen LogP contribution in [0.25, 0.3) is 5.57 Å². The van der Waals surface area contributed by atoms with E-state index in [9.17, 15) is 0 Å². The molecule has 0 heteroatoms. The molecule has 3 aliphatic carbocycles. The Labute approximate surface area is 140 Å². The van der Waals surface area contributed by atoms with E-state index in [1.54, 1.807) is 11.1 Å². The van der Waals surface area contributed by atoms with Crippen molar-refractivity contribution in [3.05, 3.63) is 77.4 Å². The standard InChI is InChI=1S/C23H26/c1-5-23(4)15-20-17-12-13-22(2,3)14-16(17)10-11-18(20)19-8-6-7-9-21(19)23/h5-11,15,17H,1,12-14H2,2-4H3. The van der Waals surface area contributed by atoms with E-state index in [0.717, 1.165) is 0 Å². The molecular weight excluding hydrogens is 276 g/mol. The van der Waals surface area contributed by atoms with Crippen molar-refractivity contribution in [1.82, 2.24) is 0 Å². The predicted octanol–water partition coefficient (Wildman–Crippen LogP) is 6.22. The average Bonchev–Trinajstić information content (AvgIpc) is 2.54. The summed E-state index contributed by atoms with van der Waals surface area (Å²) in [6.45, 7) is 11.2. The maximum atomic E-state index is 4.14. The third-order valence-corrected chi connectivity index (χ3v) is 6.07. The fourth-order valence-corrected chi connectivity index (χ4v) is 4.67. The van der Waals surface area contributed by atoms with Gasteiger partial charge in [0.2, 0.25) is 0 Å². The fraction of sp³-hybridized carbons (Fsp3) is 0.391. The van der Waals surface area contributed by atoms with Crippen LogP contribution < -0.4 is 0 Å². The number of hydrogen-bond acceptors (Lipinski definition) is 0. The molecule has 23 heavy (non-hydrogen) atoms. The summed E-state index contributed by atoms with van der Waals surface area (Å²) in [5, 5.41) is 0. The Bertz CT molecular complexity index is 769. The molecule has 118 valence electrons. The van der Waals surface area contributed by atoms with Crippen LogP contribution in [-0.2, 0) is 5.41 Å². The van der Waals surface area contributed by atoms with Crippen molar-refractivity contribution in [3.63, 3.8) is 0 Å². The monoisotopic (exact) mass is 302 g/mol. The highest BCUT2D eigenvalue weighted by molar-refractivity contribution is 5.88. The van der Waals surface area contributed by atoms with Gasteiger partial charge in [0.05, 0.1) is 0 Å². The molecule has 1 aromatic carbocycles. The lowest BCUT2D eigenvalue weighted by atomic mass is 9.61. The minimum absolute atomic E-state index is 0.0569. The molecule has 0 heterocycles. The summed E-state index contributed by atoms with van der Waals surface area (Å²) in [7, 11) is 0. The van der Waals surface area contributed by atoms with Crippen LogP contribution in [0.15, 0.2) is 66.3 Å². The van der Waals surface area contributed by atoms with Gasteiger partial charge in [0.25, 0.3) is 0 Å². The van der Waals surface area contributed by atoms with Crippen molar-refractivity contribution in [2.45, 2.75) is 45.4 Å². The molecular formula is C23H26. The zero-order valence-electron chi connectivity index (χ0n) is 14.5. The molecule has 0 bridgehead atoms. The van der Waals surface area contributed by atoms with Crippen molar-refractivity contribution in [2.24, 2.45) is 11.3 Å². The Hall–Kier alpha value is -1.82. The number of benzene rings is 1. The highest BCUT2D eigenvalue weighted by Gasteiger charge is 2.39. The molecule has 1 fully saturated rings. The predicted molar refractivity (Wildman–Crippen MR) is 99.3 cm³/mol. The topological polar surface area (TPSA) is 0 Å². The second kappa shape index (κ2) is 4.84. The SMILES string of the molecule is C=CC1(C)C=C2C(=CC=C3CC(C)(C)CCC32)c2ccccc21. The number of rotatable bonds is 1. The van der Waals surface area contributed by atoms with E-state index in [4.69, 9.17) is 0 Å². The van der Waals surface area contributed by atoms with Gasteiger partial charge in [-0.25, -0.2) is 0 Å². The van der Waals surface area contributed by atoms with E-state index in [1.807, 2.05) is 0 Å². The summed E-state index contributed by atoms with van der Waals surface area (Å²) in [6, 6.07) is 8.85. The highest BCUT2D eigenvalue weighted by atomic mass is 14.4. The van der Waals surface area contributed by atoms with E-state index in [1.165, 1.54) is 36.0 Å². The summed E-state index contributed by atoms with van der Waals surface area (Å²) >= 11 is 0. The molecule has 2 unspecified atom stereocenters. The first-order valence-corrected chi connectivity index (χ1v) is 8.81. The van der Waals surface area contributed by atoms with Crippen molar-refractivity contribution in [2.75, 3.05) is 0 Å². The summed E-state index contributed by atoms with van der Waals surface area (Å²) in [5.41, 5.74) is 7.78. The summed E-state index contributed by atoms with van der Waals surface area (Å²) in [6.07, 6.45) is 13.2. The van der Waals surface area contributed by atoms with Crippen LogP contribution in [0.4, 0.5) is 0 Å². The smallest absolute Gasteiger partial charge is 0.0293 e. The maximum absolute atomic E-state index is 4.14. The van der Waals surface area contributed by atoms with Gasteiger partial charge in [-0.3, -0.25) is 0 Å². The van der Waals surface area contributed by atoms with Gasteiger partial charge < -0.3 is 0 Å². The molecule has 0 saturated heterocycles. The van der Waals surface area contributed by atoms with Gasteiger partial charge in [0, 0.05) is 11.3 Å². The van der Waals surface area contributed by atoms with Crippen LogP contribution in [0.1, 0.15) is 51.2 Å². The third kappa shape index (κ3) is 2.19. The van der Waals surface area contributed by atoms with Gasteiger partial charge in [-0.15, -0.1) is 6.58 Å². The van der Waals surface area contributed by atoms with Crippen LogP contribution in [0.2, 0.25) is 0 Å². The lowest BCUT2D eigenvalue weighted by molar-refractivity contribution is 0.262. The normalized spacial score (nSPS) is 30.9. The third-order valence-electron chi connectivity index (χ3n) is 6.07. The van der Waals surface area contributed by atoms with Crippen LogP contribution >= 0.6 is 0 Å². The molecule has 0 amide bonds. The van der Waals surface area contributed by atoms with Crippen molar-refractivity contribution < 1.29 is 0 Å². The Morgan fingerprint density at radius 2 is 1.91 bits per heavy atom. The minimum atomic E-state index is -0.0569. The molecule has 1 aromatic rings. The van der Waals surface area contributed by atoms with Gasteiger partial charge in [-0.05, 0) is 53.9 Å². The second-order valence-corrected chi connectivity index (χ2v) is 8.39. The van der Waals surface area contributed by atoms with Crippen molar-refractivity contribution >= 4 is 5.57 Å². The molecule has 2 atom stereocenters. The first kappa shape index (κ1) is 14.8. The van der Waals surface area contributed by atoms with Crippen molar-refractivity contribution in [1.29, 1.82) is 0 Å². The lowest BCUT2D eigenvalue weighted by Gasteiger charge is -2.43. The van der Waals surface area contributed by atoms with E-state index < -0.39 is 0 Å². The molecule has 0 aromatic heterocycles. The molecule has 0 radical (unpaired) electrons. The van der Waals surface area contributed by atoms with Crippen LogP contribution in [0, 0.1) is 11.3 Å². The van der Waals surface area contributed by atoms with Gasteiger partial charge >= 0.3 is 0 Å². The Balaban J connectivity index is 1.90. The second-order valence-electron chi connectivity index (χ2n) is 8.39. The van der Waals surface area contributed by atoms with Gasteiger partial charge in [-0.2, -0.15) is 0 Å². The summed E-state index contributed by atoms with van der Waals surface area (Å²) in [4.78, 5) is 0. The van der Waals surface area contributed by atoms with Crippen LogP contribution in [0.5, 0.6) is 0 Å². The zero-order valence-corrected chi connectivity index (χ0v) is 14.5. The van der Waals surface area contributed by atoms with Crippen LogP contribution in [0.3, 0.4) is 0 Å². The first-order chi connectivity index (χ1) is 10.9. The Morgan fingerprint density at radius 3 is 2.70 bits per heavy atom. The van der Waals surface area contributed by atoms with Crippen LogP contribution in [-0.4, -0.2) is 0 Å². The summed E-state index contributed by atoms with van der Waals surface area (Å²) < 4.78 is 0. The van der Waals surface area contributed by atoms with E-state index in [2.05, 4.69) is 75.9 Å². The van der Waals surface area contributed by atoms with Gasteiger partial charge in [0.1, 0.15) is 0 Å². The number of fused-ring (bicyclic) bond motifs is 5. The maximum Gasteiger partial charge on any atom is 0.0293 e. The zero-order chi connectivity index (χ0) is 16.2. The first-order valence-electron chi connectivity index (χ1n) is 8.81. The van der Waals surface area contributed by atoms with Crippen molar-refractivity contribution in [3.8, 4) is 0 Å². The average molecular weight is 302 g/mol. The van der Waals surface area contributed by atoms with E-state index in [-0.39, 0.29) is 5.41 Å². The minimum Gasteiger partial charge on any atom is -0.102 e. The summed E-state index contributed by atoms with van der Waals surface area (Å²) in [5.74, 6) is 0.607. The molecule has 0 aliphatic heterocycles. The largest absolute Gasteiger partial charge is 0.102 e. The quantitative estimate of drug-likeness (QED) is 0.540. The molecule has 1 saturated carbocycles. The van der Waals surface area contributed by atoms with Gasteiger partial charge in [-0.1, -0.05) is 68.0 Å². The Morgan fingerprint density at radius 1 is 1.13 bits per heavy atom.